The number of aromatic nitrogens is 2. The van der Waals surface area contributed by atoms with E-state index in [2.05, 4.69) is 70.3 Å². The molecule has 0 saturated heterocycles. The van der Waals surface area contributed by atoms with E-state index in [1.807, 2.05) is 36.7 Å². The minimum absolute atomic E-state index is 0.867. The van der Waals surface area contributed by atoms with Crippen molar-refractivity contribution in [2.24, 2.45) is 0 Å². The quantitative estimate of drug-likeness (QED) is 0.351. The van der Waals surface area contributed by atoms with Gasteiger partial charge in [0.25, 0.3) is 0 Å². The van der Waals surface area contributed by atoms with E-state index < -0.39 is 0 Å². The van der Waals surface area contributed by atoms with Gasteiger partial charge in [-0.1, -0.05) is 12.1 Å². The van der Waals surface area contributed by atoms with Crippen molar-refractivity contribution in [1.82, 2.24) is 9.97 Å². The van der Waals surface area contributed by atoms with Gasteiger partial charge in [0.05, 0.1) is 23.8 Å². The van der Waals surface area contributed by atoms with Crippen LogP contribution in [0.5, 0.6) is 0 Å². The van der Waals surface area contributed by atoms with E-state index in [0.29, 0.717) is 0 Å². The van der Waals surface area contributed by atoms with E-state index in [1.165, 1.54) is 5.56 Å². The third kappa shape index (κ3) is 3.36. The number of hydrogen-bond donors (Lipinski definition) is 0. The lowest BCUT2D eigenvalue weighted by Crippen LogP contribution is -2.10. The van der Waals surface area contributed by atoms with Crippen LogP contribution in [0.25, 0.3) is 22.3 Å². The van der Waals surface area contributed by atoms with Gasteiger partial charge in [0, 0.05) is 29.0 Å². The topological polar surface area (TPSA) is 42.2 Å². The van der Waals surface area contributed by atoms with Crippen molar-refractivity contribution in [1.29, 1.82) is 0 Å². The second-order valence-corrected chi connectivity index (χ2v) is 6.96. The first-order valence-electron chi connectivity index (χ1n) is 9.49. The fourth-order valence-electron chi connectivity index (χ4n) is 3.47. The average molecular weight is 377 g/mol. The van der Waals surface area contributed by atoms with E-state index in [9.17, 15) is 0 Å². The fourth-order valence-corrected chi connectivity index (χ4v) is 3.47. The first-order valence-corrected chi connectivity index (χ1v) is 9.49. The predicted octanol–water partition coefficient (Wildman–Crippen LogP) is 6.67. The van der Waals surface area contributed by atoms with Crippen LogP contribution in [0.3, 0.4) is 0 Å². The zero-order valence-corrected chi connectivity index (χ0v) is 16.0. The van der Waals surface area contributed by atoms with E-state index >= 15 is 0 Å². The average Bonchev–Trinajstić information content (AvgIpc) is 3.19. The molecule has 29 heavy (non-hydrogen) atoms. The van der Waals surface area contributed by atoms with Crippen molar-refractivity contribution in [2.75, 3.05) is 4.90 Å². The second-order valence-electron chi connectivity index (χ2n) is 6.96. The van der Waals surface area contributed by atoms with Crippen molar-refractivity contribution < 1.29 is 4.42 Å². The zero-order valence-electron chi connectivity index (χ0n) is 16.0. The summed E-state index contributed by atoms with van der Waals surface area (Å²) in [5.74, 6) is 0.867. The number of fused-ring (bicyclic) bond motifs is 1. The summed E-state index contributed by atoms with van der Waals surface area (Å²) < 4.78 is 6.07. The number of anilines is 3. The van der Waals surface area contributed by atoms with Crippen LogP contribution in [0.4, 0.5) is 17.1 Å². The Kier molecular flexibility index (Phi) is 4.30. The molecule has 0 radical (unpaired) electrons. The number of pyridine rings is 2. The third-order valence-electron chi connectivity index (χ3n) is 4.89. The highest BCUT2D eigenvalue weighted by atomic mass is 16.3. The SMILES string of the molecule is Cc1ccc2cc(-c3ccc(N(c4cccnc4)c4cccnc4)cc3)oc2c1. The summed E-state index contributed by atoms with van der Waals surface area (Å²) in [6.07, 6.45) is 7.25. The van der Waals surface area contributed by atoms with E-state index in [-0.39, 0.29) is 0 Å². The number of furan rings is 1. The van der Waals surface area contributed by atoms with Crippen molar-refractivity contribution in [3.8, 4) is 11.3 Å². The molecule has 0 spiro atoms. The lowest BCUT2D eigenvalue weighted by atomic mass is 10.1. The lowest BCUT2D eigenvalue weighted by molar-refractivity contribution is 0.631. The number of aryl methyl sites for hydroxylation is 1. The summed E-state index contributed by atoms with van der Waals surface area (Å²) in [5, 5.41) is 1.11. The van der Waals surface area contributed by atoms with Gasteiger partial charge < -0.3 is 9.32 Å². The van der Waals surface area contributed by atoms with Crippen molar-refractivity contribution in [2.45, 2.75) is 6.92 Å². The molecule has 0 unspecified atom stereocenters. The molecular formula is C25H19N3O. The van der Waals surface area contributed by atoms with Gasteiger partial charge in [-0.2, -0.15) is 0 Å². The molecule has 0 atom stereocenters. The minimum Gasteiger partial charge on any atom is -0.456 e. The summed E-state index contributed by atoms with van der Waals surface area (Å²) in [7, 11) is 0. The van der Waals surface area contributed by atoms with Crippen molar-refractivity contribution in [3.05, 3.63) is 103 Å². The molecule has 5 rings (SSSR count). The molecule has 0 aliphatic rings. The van der Waals surface area contributed by atoms with Gasteiger partial charge >= 0.3 is 0 Å². The molecule has 5 aromatic rings. The lowest BCUT2D eigenvalue weighted by Gasteiger charge is -2.24. The molecule has 0 amide bonds. The Hall–Kier alpha value is -3.92. The normalized spacial score (nSPS) is 10.9. The van der Waals surface area contributed by atoms with Gasteiger partial charge in [-0.3, -0.25) is 9.97 Å². The van der Waals surface area contributed by atoms with Crippen LogP contribution in [0.15, 0.2) is 102 Å². The Labute approximate surface area is 169 Å². The highest BCUT2D eigenvalue weighted by Gasteiger charge is 2.13. The number of benzene rings is 2. The number of nitrogens with zero attached hydrogens (tertiary/aromatic N) is 3. The Morgan fingerprint density at radius 2 is 1.41 bits per heavy atom. The Morgan fingerprint density at radius 3 is 2.03 bits per heavy atom. The maximum Gasteiger partial charge on any atom is 0.135 e. The molecule has 0 saturated carbocycles. The minimum atomic E-state index is 0.867. The third-order valence-corrected chi connectivity index (χ3v) is 4.89. The summed E-state index contributed by atoms with van der Waals surface area (Å²) in [6.45, 7) is 2.07. The van der Waals surface area contributed by atoms with E-state index in [1.54, 1.807) is 12.4 Å². The molecular weight excluding hydrogens is 358 g/mol. The summed E-state index contributed by atoms with van der Waals surface area (Å²) >= 11 is 0. The van der Waals surface area contributed by atoms with Crippen LogP contribution in [0, 0.1) is 6.92 Å². The molecule has 3 heterocycles. The molecule has 0 bridgehead atoms. The Morgan fingerprint density at radius 1 is 0.724 bits per heavy atom. The van der Waals surface area contributed by atoms with Gasteiger partial charge in [0.1, 0.15) is 11.3 Å². The summed E-state index contributed by atoms with van der Waals surface area (Å²) in [6, 6.07) is 24.6. The first kappa shape index (κ1) is 17.2. The number of hydrogen-bond acceptors (Lipinski definition) is 4. The van der Waals surface area contributed by atoms with Crippen LogP contribution >= 0.6 is 0 Å². The van der Waals surface area contributed by atoms with Crippen LogP contribution in [0.1, 0.15) is 5.56 Å². The van der Waals surface area contributed by atoms with Gasteiger partial charge in [-0.15, -0.1) is 0 Å². The van der Waals surface area contributed by atoms with Crippen LogP contribution in [0.2, 0.25) is 0 Å². The molecule has 3 aromatic heterocycles. The van der Waals surface area contributed by atoms with Gasteiger partial charge in [-0.25, -0.2) is 0 Å². The zero-order chi connectivity index (χ0) is 19.6. The molecule has 140 valence electrons. The summed E-state index contributed by atoms with van der Waals surface area (Å²) in [4.78, 5) is 10.7. The predicted molar refractivity (Wildman–Crippen MR) is 117 cm³/mol. The van der Waals surface area contributed by atoms with Gasteiger partial charge in [0.15, 0.2) is 0 Å². The monoisotopic (exact) mass is 377 g/mol. The summed E-state index contributed by atoms with van der Waals surface area (Å²) in [5.41, 5.74) is 6.13. The van der Waals surface area contributed by atoms with Gasteiger partial charge in [0.2, 0.25) is 0 Å². The Bertz CT molecular complexity index is 1210. The molecule has 0 aliphatic heterocycles. The Balaban J connectivity index is 1.54. The molecule has 0 fully saturated rings. The van der Waals surface area contributed by atoms with E-state index in [0.717, 1.165) is 39.4 Å². The second kappa shape index (κ2) is 7.24. The maximum atomic E-state index is 6.07. The molecule has 0 N–H and O–H groups in total. The number of rotatable bonds is 4. The highest BCUT2D eigenvalue weighted by Crippen LogP contribution is 2.35. The fraction of sp³-hybridized carbons (Fsp3) is 0.0400. The first-order chi connectivity index (χ1) is 14.3. The van der Waals surface area contributed by atoms with Crippen LogP contribution in [-0.2, 0) is 0 Å². The van der Waals surface area contributed by atoms with Crippen LogP contribution in [-0.4, -0.2) is 9.97 Å². The smallest absolute Gasteiger partial charge is 0.135 e. The molecule has 2 aromatic carbocycles. The highest BCUT2D eigenvalue weighted by molar-refractivity contribution is 5.84. The van der Waals surface area contributed by atoms with Crippen molar-refractivity contribution in [3.63, 3.8) is 0 Å². The largest absolute Gasteiger partial charge is 0.456 e. The van der Waals surface area contributed by atoms with Crippen molar-refractivity contribution >= 4 is 28.0 Å². The maximum absolute atomic E-state index is 6.07. The van der Waals surface area contributed by atoms with E-state index in [4.69, 9.17) is 4.42 Å². The standard InChI is InChI=1S/C25H19N3O/c1-18-6-7-20-15-25(29-24(20)14-18)19-8-10-21(11-9-19)28(22-4-2-12-26-16-22)23-5-3-13-27-17-23/h2-17H,1H3. The molecule has 4 nitrogen and oxygen atoms in total. The van der Waals surface area contributed by atoms with Gasteiger partial charge in [-0.05, 0) is 73.2 Å². The van der Waals surface area contributed by atoms with Crippen LogP contribution < -0.4 is 4.90 Å². The molecule has 0 aliphatic carbocycles. The molecule has 4 heteroatoms.